The number of benzene rings is 1. The van der Waals surface area contributed by atoms with Crippen molar-refractivity contribution in [2.24, 2.45) is 4.99 Å². The van der Waals surface area contributed by atoms with Gasteiger partial charge in [0.1, 0.15) is 0 Å². The highest BCUT2D eigenvalue weighted by Crippen LogP contribution is 2.04. The zero-order valence-electron chi connectivity index (χ0n) is 16.3. The molecule has 0 unspecified atom stereocenters. The second-order valence-corrected chi connectivity index (χ2v) is 6.35. The summed E-state index contributed by atoms with van der Waals surface area (Å²) >= 11 is 0. The van der Waals surface area contributed by atoms with Gasteiger partial charge >= 0.3 is 0 Å². The number of rotatable bonds is 5. The summed E-state index contributed by atoms with van der Waals surface area (Å²) in [6, 6.07) is 7.53. The molecule has 2 N–H and O–H groups in total. The molecular formula is C19H30IN5O2. The molecule has 2 rings (SSSR count). The van der Waals surface area contributed by atoms with Crippen LogP contribution < -0.4 is 10.6 Å². The fourth-order valence-corrected chi connectivity index (χ4v) is 2.88. The predicted octanol–water partition coefficient (Wildman–Crippen LogP) is 1.47. The fraction of sp³-hybridized carbons (Fsp3) is 0.526. The summed E-state index contributed by atoms with van der Waals surface area (Å²) in [5.74, 6) is 0.870. The highest BCUT2D eigenvalue weighted by molar-refractivity contribution is 14.0. The van der Waals surface area contributed by atoms with Gasteiger partial charge < -0.3 is 20.4 Å². The number of amides is 2. The summed E-state index contributed by atoms with van der Waals surface area (Å²) in [4.78, 5) is 32.2. The Hall–Kier alpha value is -1.84. The summed E-state index contributed by atoms with van der Waals surface area (Å²) < 4.78 is 0. The van der Waals surface area contributed by atoms with E-state index in [9.17, 15) is 9.59 Å². The average Bonchev–Trinajstić information content (AvgIpc) is 2.64. The molecule has 1 aliphatic rings. The van der Waals surface area contributed by atoms with Crippen molar-refractivity contribution in [2.45, 2.75) is 20.8 Å². The smallest absolute Gasteiger partial charge is 0.251 e. The van der Waals surface area contributed by atoms with Crippen molar-refractivity contribution in [3.05, 3.63) is 35.4 Å². The van der Waals surface area contributed by atoms with E-state index < -0.39 is 0 Å². The Morgan fingerprint density at radius 3 is 2.37 bits per heavy atom. The number of carbonyl (C=O) groups excluding carboxylic acids is 2. The molecule has 1 aliphatic heterocycles. The Morgan fingerprint density at radius 2 is 1.78 bits per heavy atom. The van der Waals surface area contributed by atoms with Gasteiger partial charge in [0.05, 0.1) is 6.54 Å². The van der Waals surface area contributed by atoms with Gasteiger partial charge in [-0.3, -0.25) is 14.6 Å². The van der Waals surface area contributed by atoms with Crippen LogP contribution in [0.25, 0.3) is 0 Å². The lowest BCUT2D eigenvalue weighted by atomic mass is 10.1. The van der Waals surface area contributed by atoms with Crippen LogP contribution in [-0.2, 0) is 4.79 Å². The van der Waals surface area contributed by atoms with E-state index in [0.717, 1.165) is 31.2 Å². The minimum Gasteiger partial charge on any atom is -0.357 e. The van der Waals surface area contributed by atoms with Crippen molar-refractivity contribution in [1.29, 1.82) is 0 Å². The molecule has 0 aromatic heterocycles. The molecule has 1 aromatic rings. The van der Waals surface area contributed by atoms with E-state index in [1.807, 2.05) is 43.0 Å². The van der Waals surface area contributed by atoms with Crippen LogP contribution in [0.1, 0.15) is 29.8 Å². The third-order valence-electron chi connectivity index (χ3n) is 4.30. The topological polar surface area (TPSA) is 77.0 Å². The van der Waals surface area contributed by atoms with Crippen LogP contribution in [0.15, 0.2) is 29.3 Å². The Labute approximate surface area is 178 Å². The Kier molecular flexibility index (Phi) is 10.1. The number of halogens is 1. The first-order valence-electron chi connectivity index (χ1n) is 9.15. The van der Waals surface area contributed by atoms with E-state index in [4.69, 9.17) is 0 Å². The second kappa shape index (κ2) is 11.8. The number of aryl methyl sites for hydroxylation is 1. The van der Waals surface area contributed by atoms with Gasteiger partial charge in [-0.1, -0.05) is 17.7 Å². The van der Waals surface area contributed by atoms with Gasteiger partial charge in [0.25, 0.3) is 5.91 Å². The number of nitrogens with one attached hydrogen (secondary N) is 2. The van der Waals surface area contributed by atoms with E-state index in [1.165, 1.54) is 0 Å². The molecular weight excluding hydrogens is 457 g/mol. The number of guanidine groups is 1. The van der Waals surface area contributed by atoms with Crippen LogP contribution in [0, 0.1) is 6.92 Å². The highest BCUT2D eigenvalue weighted by atomic mass is 127. The monoisotopic (exact) mass is 487 g/mol. The van der Waals surface area contributed by atoms with E-state index in [-0.39, 0.29) is 35.8 Å². The zero-order chi connectivity index (χ0) is 18.9. The van der Waals surface area contributed by atoms with Crippen LogP contribution in [0.3, 0.4) is 0 Å². The third kappa shape index (κ3) is 7.36. The van der Waals surface area contributed by atoms with E-state index in [2.05, 4.69) is 20.5 Å². The summed E-state index contributed by atoms with van der Waals surface area (Å²) in [5.41, 5.74) is 1.73. The van der Waals surface area contributed by atoms with E-state index >= 15 is 0 Å². The molecule has 150 valence electrons. The first-order chi connectivity index (χ1) is 12.5. The van der Waals surface area contributed by atoms with Crippen LogP contribution >= 0.6 is 24.0 Å². The van der Waals surface area contributed by atoms with E-state index in [1.54, 1.807) is 6.92 Å². The summed E-state index contributed by atoms with van der Waals surface area (Å²) in [6.45, 7) is 10.3. The third-order valence-corrected chi connectivity index (χ3v) is 4.30. The summed E-state index contributed by atoms with van der Waals surface area (Å²) in [5, 5.41) is 6.19. The lowest BCUT2D eigenvalue weighted by Gasteiger charge is -2.36. The first kappa shape index (κ1) is 23.2. The molecule has 0 bridgehead atoms. The maximum Gasteiger partial charge on any atom is 0.251 e. The van der Waals surface area contributed by atoms with Crippen molar-refractivity contribution in [2.75, 3.05) is 45.8 Å². The van der Waals surface area contributed by atoms with Gasteiger partial charge in [-0.2, -0.15) is 0 Å². The molecule has 27 heavy (non-hydrogen) atoms. The molecule has 7 nitrogen and oxygen atoms in total. The van der Waals surface area contributed by atoms with Gasteiger partial charge in [0, 0.05) is 51.8 Å². The zero-order valence-corrected chi connectivity index (χ0v) is 18.7. The van der Waals surface area contributed by atoms with Gasteiger partial charge in [-0.25, -0.2) is 0 Å². The molecule has 0 saturated carbocycles. The van der Waals surface area contributed by atoms with Crippen LogP contribution in [-0.4, -0.2) is 73.4 Å². The average molecular weight is 487 g/mol. The molecule has 0 aliphatic carbocycles. The van der Waals surface area contributed by atoms with Crippen molar-refractivity contribution in [1.82, 2.24) is 20.4 Å². The number of piperazine rings is 1. The second-order valence-electron chi connectivity index (χ2n) is 6.35. The maximum atomic E-state index is 12.1. The van der Waals surface area contributed by atoms with Crippen molar-refractivity contribution >= 4 is 41.8 Å². The number of carbonyl (C=O) groups is 2. The van der Waals surface area contributed by atoms with Crippen LogP contribution in [0.4, 0.5) is 0 Å². The van der Waals surface area contributed by atoms with Gasteiger partial charge in [-0.15, -0.1) is 24.0 Å². The van der Waals surface area contributed by atoms with Crippen LogP contribution in [0.2, 0.25) is 0 Å². The quantitative estimate of drug-likeness (QED) is 0.286. The molecule has 8 heteroatoms. The standard InChI is InChI=1S/C19H29N5O2.HI/c1-4-20-19(24-12-10-23(11-13-24)16(3)25)22-9-8-21-18(26)17-7-5-6-15(2)14-17;/h5-7,14H,4,8-13H2,1-3H3,(H,20,22)(H,21,26);1H. The largest absolute Gasteiger partial charge is 0.357 e. The Balaban J connectivity index is 0.00000364. The minimum absolute atomic E-state index is 0. The minimum atomic E-state index is -0.0797. The van der Waals surface area contributed by atoms with Crippen molar-refractivity contribution in [3.63, 3.8) is 0 Å². The van der Waals surface area contributed by atoms with Gasteiger partial charge in [0.15, 0.2) is 5.96 Å². The SMILES string of the molecule is CCNC(=NCCNC(=O)c1cccc(C)c1)N1CCN(C(C)=O)CC1.I. The maximum absolute atomic E-state index is 12.1. The highest BCUT2D eigenvalue weighted by Gasteiger charge is 2.20. The number of nitrogens with zero attached hydrogens (tertiary/aromatic N) is 3. The van der Waals surface area contributed by atoms with Gasteiger partial charge in [0.2, 0.25) is 5.91 Å². The molecule has 1 fully saturated rings. The van der Waals surface area contributed by atoms with Crippen LogP contribution in [0.5, 0.6) is 0 Å². The normalized spacial score (nSPS) is 14.4. The molecule has 0 radical (unpaired) electrons. The van der Waals surface area contributed by atoms with E-state index in [0.29, 0.717) is 31.7 Å². The number of aliphatic imine (C=N–C) groups is 1. The lowest BCUT2D eigenvalue weighted by molar-refractivity contribution is -0.130. The Morgan fingerprint density at radius 1 is 1.11 bits per heavy atom. The number of hydrogen-bond donors (Lipinski definition) is 2. The van der Waals surface area contributed by atoms with Gasteiger partial charge in [-0.05, 0) is 26.0 Å². The van der Waals surface area contributed by atoms with Crippen molar-refractivity contribution < 1.29 is 9.59 Å². The lowest BCUT2D eigenvalue weighted by Crippen LogP contribution is -2.53. The van der Waals surface area contributed by atoms with Crippen molar-refractivity contribution in [3.8, 4) is 0 Å². The first-order valence-corrected chi connectivity index (χ1v) is 9.15. The predicted molar refractivity (Wildman–Crippen MR) is 119 cm³/mol. The summed E-state index contributed by atoms with van der Waals surface area (Å²) in [7, 11) is 0. The summed E-state index contributed by atoms with van der Waals surface area (Å²) in [6.07, 6.45) is 0. The Bertz CT molecular complexity index is 657. The molecule has 1 heterocycles. The molecule has 1 saturated heterocycles. The number of hydrogen-bond acceptors (Lipinski definition) is 3. The molecule has 1 aromatic carbocycles. The molecule has 0 atom stereocenters. The fourth-order valence-electron chi connectivity index (χ4n) is 2.88. The molecule has 0 spiro atoms. The molecule has 2 amide bonds.